The Balaban J connectivity index is 2.52. The summed E-state index contributed by atoms with van der Waals surface area (Å²) in [6, 6.07) is 2.91. The van der Waals surface area contributed by atoms with E-state index >= 15 is 0 Å². The van der Waals surface area contributed by atoms with Crippen LogP contribution in [0.2, 0.25) is 5.02 Å². The molecule has 0 aliphatic carbocycles. The molecule has 1 fully saturated rings. The maximum atomic E-state index is 11.8. The van der Waals surface area contributed by atoms with Gasteiger partial charge in [0.1, 0.15) is 0 Å². The average molecular weight is 397 g/mol. The van der Waals surface area contributed by atoms with Crippen LogP contribution in [-0.2, 0) is 4.79 Å². The predicted octanol–water partition coefficient (Wildman–Crippen LogP) is 3.30. The summed E-state index contributed by atoms with van der Waals surface area (Å²) in [4.78, 5) is 24.5. The minimum absolute atomic E-state index is 0.0362. The molecule has 7 heteroatoms. The lowest BCUT2D eigenvalue weighted by molar-refractivity contribution is -0.117. The molecule has 1 saturated heterocycles. The van der Waals surface area contributed by atoms with E-state index in [4.69, 9.17) is 11.6 Å². The molecular weight excluding hydrogens is 389 g/mol. The Morgan fingerprint density at radius 1 is 1.50 bits per heavy atom. The average Bonchev–Trinajstić information content (AvgIpc) is 2.61. The monoisotopic (exact) mass is 395 g/mol. The Labute approximate surface area is 125 Å². The molecule has 0 radical (unpaired) electrons. The third-order valence-corrected chi connectivity index (χ3v) is 4.45. The summed E-state index contributed by atoms with van der Waals surface area (Å²) in [5, 5.41) is 9.56. The normalized spacial score (nSPS) is 19.4. The van der Waals surface area contributed by atoms with Crippen molar-refractivity contribution in [3.8, 4) is 0 Å². The number of carboxylic acids is 1. The zero-order chi connectivity index (χ0) is 13.4. The standard InChI is InChI=1S/C11H8Br2ClNO3/c12-5-1-10(16)15(4-5)9-3-8(14)7(13)2-6(9)11(17)18/h2-3,5H,1,4H2,(H,17,18). The Bertz CT molecular complexity index is 535. The molecule has 1 aliphatic rings. The van der Waals surface area contributed by atoms with Gasteiger partial charge < -0.3 is 10.0 Å². The van der Waals surface area contributed by atoms with E-state index in [-0.39, 0.29) is 16.3 Å². The van der Waals surface area contributed by atoms with E-state index in [2.05, 4.69) is 31.9 Å². The van der Waals surface area contributed by atoms with Crippen LogP contribution in [0.15, 0.2) is 16.6 Å². The quantitative estimate of drug-likeness (QED) is 0.779. The molecule has 1 unspecified atom stereocenters. The number of anilines is 1. The van der Waals surface area contributed by atoms with Gasteiger partial charge in [0.25, 0.3) is 0 Å². The van der Waals surface area contributed by atoms with Crippen molar-refractivity contribution in [3.63, 3.8) is 0 Å². The molecule has 0 spiro atoms. The highest BCUT2D eigenvalue weighted by molar-refractivity contribution is 9.10. The Morgan fingerprint density at radius 2 is 2.17 bits per heavy atom. The molecule has 1 N–H and O–H groups in total. The topological polar surface area (TPSA) is 57.6 Å². The second kappa shape index (κ2) is 5.19. The maximum Gasteiger partial charge on any atom is 0.337 e. The number of aromatic carboxylic acids is 1. The fourth-order valence-corrected chi connectivity index (χ4v) is 2.90. The number of hydrogen-bond acceptors (Lipinski definition) is 2. The van der Waals surface area contributed by atoms with Crippen LogP contribution in [0.25, 0.3) is 0 Å². The molecule has 1 aliphatic heterocycles. The van der Waals surface area contributed by atoms with Gasteiger partial charge in [-0.1, -0.05) is 27.5 Å². The molecule has 0 aromatic heterocycles. The lowest BCUT2D eigenvalue weighted by atomic mass is 10.1. The smallest absolute Gasteiger partial charge is 0.337 e. The lowest BCUT2D eigenvalue weighted by Crippen LogP contribution is -2.26. The van der Waals surface area contributed by atoms with Crippen molar-refractivity contribution in [2.75, 3.05) is 11.4 Å². The van der Waals surface area contributed by atoms with Gasteiger partial charge >= 0.3 is 5.97 Å². The second-order valence-electron chi connectivity index (χ2n) is 3.89. The van der Waals surface area contributed by atoms with Gasteiger partial charge in [-0.25, -0.2) is 4.79 Å². The van der Waals surface area contributed by atoms with Gasteiger partial charge in [0.05, 0.1) is 16.3 Å². The minimum atomic E-state index is -1.09. The fraction of sp³-hybridized carbons (Fsp3) is 0.273. The number of nitrogens with zero attached hydrogens (tertiary/aromatic N) is 1. The maximum absolute atomic E-state index is 11.8. The molecule has 0 saturated carbocycles. The van der Waals surface area contributed by atoms with Gasteiger partial charge in [-0.15, -0.1) is 0 Å². The van der Waals surface area contributed by atoms with Gasteiger partial charge in [-0.05, 0) is 28.1 Å². The zero-order valence-corrected chi connectivity index (χ0v) is 12.9. The van der Waals surface area contributed by atoms with Gasteiger partial charge in [0.2, 0.25) is 5.91 Å². The summed E-state index contributed by atoms with van der Waals surface area (Å²) in [7, 11) is 0. The number of alkyl halides is 1. The van der Waals surface area contributed by atoms with E-state index in [0.29, 0.717) is 28.1 Å². The highest BCUT2D eigenvalue weighted by atomic mass is 79.9. The number of hydrogen-bond donors (Lipinski definition) is 1. The van der Waals surface area contributed by atoms with Gasteiger partial charge in [0, 0.05) is 22.3 Å². The second-order valence-corrected chi connectivity index (χ2v) is 6.45. The van der Waals surface area contributed by atoms with Crippen molar-refractivity contribution in [1.82, 2.24) is 0 Å². The highest BCUT2D eigenvalue weighted by Crippen LogP contribution is 2.34. The molecule has 2 rings (SSSR count). The predicted molar refractivity (Wildman–Crippen MR) is 75.8 cm³/mol. The fourth-order valence-electron chi connectivity index (χ4n) is 1.83. The molecule has 1 amide bonds. The number of benzene rings is 1. The molecule has 1 heterocycles. The zero-order valence-electron chi connectivity index (χ0n) is 8.99. The van der Waals surface area contributed by atoms with Crippen molar-refractivity contribution < 1.29 is 14.7 Å². The third kappa shape index (κ3) is 2.55. The van der Waals surface area contributed by atoms with Crippen LogP contribution in [0.5, 0.6) is 0 Å². The summed E-state index contributed by atoms with van der Waals surface area (Å²) in [5.74, 6) is -1.20. The molecule has 0 bridgehead atoms. The van der Waals surface area contributed by atoms with Crippen LogP contribution < -0.4 is 4.90 Å². The number of carboxylic acid groups (broad SMARTS) is 1. The van der Waals surface area contributed by atoms with Crippen LogP contribution in [0, 0.1) is 0 Å². The Hall–Kier alpha value is -0.590. The summed E-state index contributed by atoms with van der Waals surface area (Å²) >= 11 is 12.5. The van der Waals surface area contributed by atoms with Crippen LogP contribution in [0.1, 0.15) is 16.8 Å². The largest absolute Gasteiger partial charge is 0.478 e. The first-order valence-electron chi connectivity index (χ1n) is 5.07. The first-order valence-corrected chi connectivity index (χ1v) is 7.15. The van der Waals surface area contributed by atoms with E-state index in [0.717, 1.165) is 0 Å². The van der Waals surface area contributed by atoms with Crippen molar-refractivity contribution in [1.29, 1.82) is 0 Å². The molecule has 18 heavy (non-hydrogen) atoms. The third-order valence-electron chi connectivity index (χ3n) is 2.64. The van der Waals surface area contributed by atoms with E-state index in [1.54, 1.807) is 0 Å². The van der Waals surface area contributed by atoms with Crippen LogP contribution >= 0.6 is 43.5 Å². The van der Waals surface area contributed by atoms with Gasteiger partial charge in [-0.2, -0.15) is 0 Å². The molecule has 1 aromatic rings. The lowest BCUT2D eigenvalue weighted by Gasteiger charge is -2.19. The van der Waals surface area contributed by atoms with E-state index in [1.165, 1.54) is 17.0 Å². The summed E-state index contributed by atoms with van der Waals surface area (Å²) in [5.41, 5.74) is 0.392. The Morgan fingerprint density at radius 3 is 2.67 bits per heavy atom. The van der Waals surface area contributed by atoms with Crippen molar-refractivity contribution in [2.24, 2.45) is 0 Å². The Kier molecular flexibility index (Phi) is 3.99. The van der Waals surface area contributed by atoms with Gasteiger partial charge in [0.15, 0.2) is 0 Å². The minimum Gasteiger partial charge on any atom is -0.478 e. The molecular formula is C11H8Br2ClNO3. The van der Waals surface area contributed by atoms with E-state index in [1.807, 2.05) is 0 Å². The van der Waals surface area contributed by atoms with Crippen molar-refractivity contribution in [3.05, 3.63) is 27.2 Å². The number of rotatable bonds is 2. The number of carbonyl (C=O) groups excluding carboxylic acids is 1. The summed E-state index contributed by atoms with van der Waals surface area (Å²) in [6.07, 6.45) is 0.354. The summed E-state index contributed by atoms with van der Waals surface area (Å²) < 4.78 is 0.493. The SMILES string of the molecule is O=C(O)c1cc(Br)c(Cl)cc1N1CC(Br)CC1=O. The van der Waals surface area contributed by atoms with Crippen LogP contribution in [0.3, 0.4) is 0 Å². The first-order chi connectivity index (χ1) is 8.40. The van der Waals surface area contributed by atoms with Crippen molar-refractivity contribution in [2.45, 2.75) is 11.2 Å². The number of halogens is 3. The van der Waals surface area contributed by atoms with E-state index < -0.39 is 5.97 Å². The van der Waals surface area contributed by atoms with Crippen LogP contribution in [0.4, 0.5) is 5.69 Å². The molecule has 1 atom stereocenters. The number of amides is 1. The van der Waals surface area contributed by atoms with Gasteiger partial charge in [-0.3, -0.25) is 4.79 Å². The number of carbonyl (C=O) groups is 2. The van der Waals surface area contributed by atoms with Crippen LogP contribution in [-0.4, -0.2) is 28.4 Å². The van der Waals surface area contributed by atoms with E-state index in [9.17, 15) is 14.7 Å². The molecule has 1 aromatic carbocycles. The highest BCUT2D eigenvalue weighted by Gasteiger charge is 2.31. The first kappa shape index (κ1) is 13.8. The molecule has 4 nitrogen and oxygen atoms in total. The summed E-state index contributed by atoms with van der Waals surface area (Å²) in [6.45, 7) is 0.442. The molecule has 96 valence electrons. The van der Waals surface area contributed by atoms with Crippen molar-refractivity contribution >= 4 is 61.0 Å².